The smallest absolute Gasteiger partial charge is 0.305 e. The molecule has 6 heteroatoms. The predicted molar refractivity (Wildman–Crippen MR) is 54.3 cm³/mol. The molecule has 1 aliphatic heterocycles. The van der Waals surface area contributed by atoms with E-state index < -0.39 is 17.7 Å². The Bertz CT molecular complexity index is 399. The number of carbonyl (C=O) groups excluding carboxylic acids is 1. The molecule has 0 bridgehead atoms. The van der Waals surface area contributed by atoms with Gasteiger partial charge in [-0.05, 0) is 12.8 Å². The number of benzene rings is 1. The lowest BCUT2D eigenvalue weighted by atomic mass is 10.3. The molecule has 0 spiro atoms. The maximum Gasteiger partial charge on any atom is 0.452 e. The average molecular weight is 243 g/mol. The van der Waals surface area contributed by atoms with Gasteiger partial charge in [0.2, 0.25) is 0 Å². The van der Waals surface area contributed by atoms with Gasteiger partial charge in [-0.25, -0.2) is 18.5 Å². The van der Waals surface area contributed by atoms with Gasteiger partial charge in [-0.3, -0.25) is 4.89 Å². The summed E-state index contributed by atoms with van der Waals surface area (Å²) in [6.07, 6.45) is 1.19. The number of likely N-dealkylation sites (tertiary alicyclic amines) is 1. The van der Waals surface area contributed by atoms with Crippen LogP contribution >= 0.6 is 0 Å². The molecule has 2 rings (SSSR count). The summed E-state index contributed by atoms with van der Waals surface area (Å²) in [6, 6.07) is 2.57. The number of carbonyl (C=O) groups is 1. The summed E-state index contributed by atoms with van der Waals surface area (Å²) in [7, 11) is 0. The molecule has 92 valence electrons. The first-order valence-corrected chi connectivity index (χ1v) is 5.25. The Labute approximate surface area is 96.7 Å². The predicted octanol–water partition coefficient (Wildman–Crippen LogP) is 2.49. The average Bonchev–Trinajstić information content (AvgIpc) is 2.78. The Morgan fingerprint density at radius 3 is 2.29 bits per heavy atom. The van der Waals surface area contributed by atoms with Crippen LogP contribution in [0.3, 0.4) is 0 Å². The number of nitrogens with zero attached hydrogens (tertiary/aromatic N) is 1. The minimum Gasteiger partial charge on any atom is -0.305 e. The molecule has 4 nitrogen and oxygen atoms in total. The molecule has 1 saturated heterocycles. The summed E-state index contributed by atoms with van der Waals surface area (Å²) in [5, 5.41) is 0. The van der Waals surface area contributed by atoms with Gasteiger partial charge in [-0.2, -0.15) is 0 Å². The largest absolute Gasteiger partial charge is 0.452 e. The second-order valence-corrected chi connectivity index (χ2v) is 3.73. The van der Waals surface area contributed by atoms with E-state index in [1.165, 1.54) is 4.90 Å². The van der Waals surface area contributed by atoms with E-state index in [2.05, 4.69) is 9.78 Å². The van der Waals surface area contributed by atoms with Crippen LogP contribution in [0, 0.1) is 11.6 Å². The molecule has 0 aromatic heterocycles. The SMILES string of the molecule is O=C(OOc1cc(F)cc(F)c1)N1CCCC1. The second-order valence-electron chi connectivity index (χ2n) is 3.73. The first kappa shape index (κ1) is 11.6. The van der Waals surface area contributed by atoms with E-state index in [0.717, 1.165) is 25.0 Å². The van der Waals surface area contributed by atoms with Crippen LogP contribution in [0.25, 0.3) is 0 Å². The fourth-order valence-electron chi connectivity index (χ4n) is 1.61. The van der Waals surface area contributed by atoms with Gasteiger partial charge in [-0.1, -0.05) is 0 Å². The van der Waals surface area contributed by atoms with Crippen LogP contribution in [-0.4, -0.2) is 24.1 Å². The molecular weight excluding hydrogens is 232 g/mol. The molecule has 1 aromatic rings. The molecule has 1 amide bonds. The van der Waals surface area contributed by atoms with E-state index in [9.17, 15) is 13.6 Å². The van der Waals surface area contributed by atoms with Gasteiger partial charge in [0.1, 0.15) is 11.6 Å². The Balaban J connectivity index is 1.90. The Morgan fingerprint density at radius 1 is 1.12 bits per heavy atom. The highest BCUT2D eigenvalue weighted by molar-refractivity contribution is 5.67. The summed E-state index contributed by atoms with van der Waals surface area (Å²) in [6.45, 7) is 1.22. The van der Waals surface area contributed by atoms with E-state index in [1.807, 2.05) is 0 Å². The zero-order valence-corrected chi connectivity index (χ0v) is 8.99. The van der Waals surface area contributed by atoms with Crippen LogP contribution < -0.4 is 4.89 Å². The highest BCUT2D eigenvalue weighted by Gasteiger charge is 2.20. The first-order chi connectivity index (χ1) is 8.15. The topological polar surface area (TPSA) is 38.8 Å². The van der Waals surface area contributed by atoms with Crippen LogP contribution in [0.4, 0.5) is 13.6 Å². The molecule has 0 unspecified atom stereocenters. The van der Waals surface area contributed by atoms with Crippen molar-refractivity contribution in [2.24, 2.45) is 0 Å². The molecule has 1 aliphatic rings. The number of hydrogen-bond acceptors (Lipinski definition) is 3. The van der Waals surface area contributed by atoms with Gasteiger partial charge in [-0.15, -0.1) is 0 Å². The highest BCUT2D eigenvalue weighted by atomic mass is 19.1. The lowest BCUT2D eigenvalue weighted by molar-refractivity contribution is -0.153. The third-order valence-corrected chi connectivity index (χ3v) is 2.41. The van der Waals surface area contributed by atoms with Crippen molar-refractivity contribution in [2.45, 2.75) is 12.8 Å². The maximum absolute atomic E-state index is 12.8. The number of hydrogen-bond donors (Lipinski definition) is 0. The maximum atomic E-state index is 12.8. The van der Waals surface area contributed by atoms with Gasteiger partial charge >= 0.3 is 6.09 Å². The minimum absolute atomic E-state index is 0.185. The first-order valence-electron chi connectivity index (χ1n) is 5.25. The second kappa shape index (κ2) is 4.99. The van der Waals surface area contributed by atoms with E-state index in [0.29, 0.717) is 19.2 Å². The van der Waals surface area contributed by atoms with Crippen molar-refractivity contribution in [1.29, 1.82) is 0 Å². The molecule has 0 N–H and O–H groups in total. The summed E-state index contributed by atoms with van der Waals surface area (Å²) < 4.78 is 25.6. The van der Waals surface area contributed by atoms with Crippen molar-refractivity contribution in [3.8, 4) is 5.75 Å². The quantitative estimate of drug-likeness (QED) is 0.591. The summed E-state index contributed by atoms with van der Waals surface area (Å²) in [4.78, 5) is 21.9. The van der Waals surface area contributed by atoms with Crippen LogP contribution in [-0.2, 0) is 4.89 Å². The van der Waals surface area contributed by atoms with E-state index in [4.69, 9.17) is 0 Å². The molecular formula is C11H11F2NO3. The molecule has 0 saturated carbocycles. The van der Waals surface area contributed by atoms with Gasteiger partial charge < -0.3 is 4.90 Å². The summed E-state index contributed by atoms with van der Waals surface area (Å²) in [5.74, 6) is -1.77. The van der Waals surface area contributed by atoms with Gasteiger partial charge in [0, 0.05) is 31.3 Å². The van der Waals surface area contributed by atoms with Crippen LogP contribution in [0.5, 0.6) is 5.75 Å². The van der Waals surface area contributed by atoms with Crippen LogP contribution in [0.2, 0.25) is 0 Å². The monoisotopic (exact) mass is 243 g/mol. The third-order valence-electron chi connectivity index (χ3n) is 2.41. The molecule has 0 aliphatic carbocycles. The zero-order chi connectivity index (χ0) is 12.3. The van der Waals surface area contributed by atoms with E-state index >= 15 is 0 Å². The lowest BCUT2D eigenvalue weighted by Gasteiger charge is -2.13. The van der Waals surface area contributed by atoms with Crippen molar-refractivity contribution in [3.05, 3.63) is 29.8 Å². The van der Waals surface area contributed by atoms with Gasteiger partial charge in [0.15, 0.2) is 5.75 Å². The Hall–Kier alpha value is -1.85. The summed E-state index contributed by atoms with van der Waals surface area (Å²) >= 11 is 0. The molecule has 1 aromatic carbocycles. The molecule has 1 heterocycles. The van der Waals surface area contributed by atoms with Crippen LogP contribution in [0.1, 0.15) is 12.8 Å². The van der Waals surface area contributed by atoms with Crippen molar-refractivity contribution in [2.75, 3.05) is 13.1 Å². The van der Waals surface area contributed by atoms with Crippen molar-refractivity contribution in [1.82, 2.24) is 4.90 Å². The standard InChI is InChI=1S/C11H11F2NO3/c12-8-5-9(13)7-10(6-8)16-17-11(15)14-3-1-2-4-14/h5-7H,1-4H2. The molecule has 17 heavy (non-hydrogen) atoms. The fourth-order valence-corrected chi connectivity index (χ4v) is 1.61. The highest BCUT2D eigenvalue weighted by Crippen LogP contribution is 2.16. The van der Waals surface area contributed by atoms with Gasteiger partial charge in [0.25, 0.3) is 0 Å². The van der Waals surface area contributed by atoms with E-state index in [1.54, 1.807) is 0 Å². The van der Waals surface area contributed by atoms with E-state index in [-0.39, 0.29) is 5.75 Å². The molecule has 0 radical (unpaired) electrons. The summed E-state index contributed by atoms with van der Waals surface area (Å²) in [5.41, 5.74) is 0. The number of rotatable bonds is 2. The minimum atomic E-state index is -0.794. The third kappa shape index (κ3) is 3.05. The normalized spacial score (nSPS) is 14.8. The Kier molecular flexibility index (Phi) is 3.41. The fraction of sp³-hybridized carbons (Fsp3) is 0.364. The lowest BCUT2D eigenvalue weighted by Crippen LogP contribution is -2.29. The number of halogens is 2. The van der Waals surface area contributed by atoms with Crippen LogP contribution in [0.15, 0.2) is 18.2 Å². The number of amides is 1. The zero-order valence-electron chi connectivity index (χ0n) is 8.99. The molecule has 1 fully saturated rings. The molecule has 0 atom stereocenters. The van der Waals surface area contributed by atoms with Crippen molar-refractivity contribution >= 4 is 6.09 Å². The van der Waals surface area contributed by atoms with Crippen molar-refractivity contribution in [3.63, 3.8) is 0 Å². The Morgan fingerprint density at radius 2 is 1.71 bits per heavy atom. The van der Waals surface area contributed by atoms with Gasteiger partial charge in [0.05, 0.1) is 0 Å². The van der Waals surface area contributed by atoms with Crippen molar-refractivity contribution < 1.29 is 23.4 Å².